The summed E-state index contributed by atoms with van der Waals surface area (Å²) in [5, 5.41) is 13.9. The van der Waals surface area contributed by atoms with E-state index in [-0.39, 0.29) is 11.4 Å². The van der Waals surface area contributed by atoms with Crippen molar-refractivity contribution in [1.29, 1.82) is 0 Å². The first-order chi connectivity index (χ1) is 14.0. The summed E-state index contributed by atoms with van der Waals surface area (Å²) >= 11 is 0. The molecular weight excluding hydrogens is 410 g/mol. The second-order valence-corrected chi connectivity index (χ2v) is 8.83. The van der Waals surface area contributed by atoms with Crippen LogP contribution in [0, 0.1) is 17.0 Å². The summed E-state index contributed by atoms with van der Waals surface area (Å²) < 4.78 is 31.0. The Kier molecular flexibility index (Phi) is 7.04. The fourth-order valence-electron chi connectivity index (χ4n) is 3.04. The third-order valence-electron chi connectivity index (χ3n) is 4.70. The number of amides is 1. The molecule has 9 nitrogen and oxygen atoms in total. The van der Waals surface area contributed by atoms with E-state index in [1.54, 1.807) is 45.2 Å². The molecule has 0 bridgehead atoms. The maximum absolute atomic E-state index is 12.9. The molecule has 0 unspecified atom stereocenters. The van der Waals surface area contributed by atoms with E-state index in [0.29, 0.717) is 11.3 Å². The number of rotatable bonds is 8. The summed E-state index contributed by atoms with van der Waals surface area (Å²) in [6, 6.07) is 9.51. The third-order valence-corrected chi connectivity index (χ3v) is 5.93. The highest BCUT2D eigenvalue weighted by Crippen LogP contribution is 2.29. The molecule has 0 fully saturated rings. The first-order valence-electron chi connectivity index (χ1n) is 9.14. The van der Waals surface area contributed by atoms with Gasteiger partial charge in [0.15, 0.2) is 0 Å². The molecule has 1 N–H and O–H groups in total. The standard InChI is InChI=1S/C20H25N3O6S/c1-13-6-9-17(23(25)26)12-19(13)22(30(5,27)28)15(3)20(24)21-14(2)16-7-10-18(29-4)11-8-16/h6-12,14-15H,1-5H3,(H,21,24)/t14-,15-/m0/s1. The van der Waals surface area contributed by atoms with Gasteiger partial charge in [0, 0.05) is 12.1 Å². The number of anilines is 1. The zero-order valence-electron chi connectivity index (χ0n) is 17.4. The molecule has 162 valence electrons. The minimum atomic E-state index is -3.90. The topological polar surface area (TPSA) is 119 Å². The zero-order valence-corrected chi connectivity index (χ0v) is 18.3. The molecule has 0 heterocycles. The van der Waals surface area contributed by atoms with Gasteiger partial charge in [0.05, 0.1) is 30.0 Å². The van der Waals surface area contributed by atoms with Crippen molar-refractivity contribution >= 4 is 27.3 Å². The third kappa shape index (κ3) is 5.26. The van der Waals surface area contributed by atoms with Crippen LogP contribution in [0.4, 0.5) is 11.4 Å². The lowest BCUT2D eigenvalue weighted by Crippen LogP contribution is -2.48. The number of methoxy groups -OCH3 is 1. The van der Waals surface area contributed by atoms with Crippen molar-refractivity contribution in [3.63, 3.8) is 0 Å². The zero-order chi connectivity index (χ0) is 22.6. The van der Waals surface area contributed by atoms with Gasteiger partial charge in [-0.3, -0.25) is 19.2 Å². The Morgan fingerprint density at radius 2 is 1.77 bits per heavy atom. The molecule has 2 atom stereocenters. The van der Waals surface area contributed by atoms with Crippen LogP contribution in [-0.4, -0.2) is 38.7 Å². The smallest absolute Gasteiger partial charge is 0.271 e. The lowest BCUT2D eigenvalue weighted by molar-refractivity contribution is -0.384. The second kappa shape index (κ2) is 9.12. The normalized spacial score (nSPS) is 13.2. The van der Waals surface area contributed by atoms with Crippen LogP contribution in [-0.2, 0) is 14.8 Å². The molecule has 0 spiro atoms. The molecule has 0 aliphatic heterocycles. The Balaban J connectivity index is 2.33. The summed E-state index contributed by atoms with van der Waals surface area (Å²) in [5.41, 5.74) is 1.14. The van der Waals surface area contributed by atoms with Crippen molar-refractivity contribution in [2.75, 3.05) is 17.7 Å². The second-order valence-electron chi connectivity index (χ2n) is 6.97. The number of ether oxygens (including phenoxy) is 1. The molecule has 0 aromatic heterocycles. The van der Waals surface area contributed by atoms with Crippen LogP contribution in [0.5, 0.6) is 5.75 Å². The van der Waals surface area contributed by atoms with E-state index in [9.17, 15) is 23.3 Å². The molecule has 0 radical (unpaired) electrons. The van der Waals surface area contributed by atoms with Gasteiger partial charge in [-0.25, -0.2) is 8.42 Å². The molecule has 0 saturated carbocycles. The summed E-state index contributed by atoms with van der Waals surface area (Å²) in [6.07, 6.45) is 0.960. The van der Waals surface area contributed by atoms with Crippen molar-refractivity contribution in [3.8, 4) is 5.75 Å². The predicted octanol–water partition coefficient (Wildman–Crippen LogP) is 2.94. The van der Waals surface area contributed by atoms with Crippen LogP contribution in [0.15, 0.2) is 42.5 Å². The number of aryl methyl sites for hydroxylation is 1. The Labute approximate surface area is 175 Å². The molecule has 0 aliphatic rings. The molecular formula is C20H25N3O6S. The highest BCUT2D eigenvalue weighted by Gasteiger charge is 2.31. The summed E-state index contributed by atoms with van der Waals surface area (Å²) in [4.78, 5) is 23.4. The van der Waals surface area contributed by atoms with E-state index in [1.807, 2.05) is 0 Å². The number of sulfonamides is 1. The van der Waals surface area contributed by atoms with Crippen molar-refractivity contribution in [2.45, 2.75) is 32.9 Å². The van der Waals surface area contributed by atoms with E-state index >= 15 is 0 Å². The highest BCUT2D eigenvalue weighted by molar-refractivity contribution is 7.92. The Morgan fingerprint density at radius 3 is 2.27 bits per heavy atom. The summed E-state index contributed by atoms with van der Waals surface area (Å²) in [7, 11) is -2.35. The Hall–Kier alpha value is -3.14. The Bertz CT molecular complexity index is 1040. The number of hydrogen-bond donors (Lipinski definition) is 1. The van der Waals surface area contributed by atoms with E-state index < -0.39 is 32.9 Å². The number of hydrogen-bond acceptors (Lipinski definition) is 6. The molecule has 2 rings (SSSR count). The Morgan fingerprint density at radius 1 is 1.17 bits per heavy atom. The van der Waals surface area contributed by atoms with Gasteiger partial charge in [0.1, 0.15) is 11.8 Å². The summed E-state index contributed by atoms with van der Waals surface area (Å²) in [5.74, 6) is 0.143. The fourth-order valence-corrected chi connectivity index (χ4v) is 4.26. The number of nitrogens with zero attached hydrogens (tertiary/aromatic N) is 2. The first-order valence-corrected chi connectivity index (χ1v) is 11.0. The fraction of sp³-hybridized carbons (Fsp3) is 0.350. The van der Waals surface area contributed by atoms with Crippen molar-refractivity contribution in [3.05, 3.63) is 63.7 Å². The molecule has 30 heavy (non-hydrogen) atoms. The monoisotopic (exact) mass is 435 g/mol. The predicted molar refractivity (Wildman–Crippen MR) is 114 cm³/mol. The number of nitro groups is 1. The lowest BCUT2D eigenvalue weighted by atomic mass is 10.1. The van der Waals surface area contributed by atoms with Crippen LogP contribution in [0.3, 0.4) is 0 Å². The van der Waals surface area contributed by atoms with Crippen molar-refractivity contribution in [2.24, 2.45) is 0 Å². The first kappa shape index (κ1) is 23.1. The molecule has 0 aliphatic carbocycles. The number of non-ortho nitro benzene ring substituents is 1. The van der Waals surface area contributed by atoms with Crippen molar-refractivity contribution in [1.82, 2.24) is 5.32 Å². The van der Waals surface area contributed by atoms with Gasteiger partial charge in [-0.05, 0) is 44.0 Å². The quantitative estimate of drug-likeness (QED) is 0.503. The van der Waals surface area contributed by atoms with Gasteiger partial charge in [-0.1, -0.05) is 18.2 Å². The number of benzene rings is 2. The van der Waals surface area contributed by atoms with E-state index in [4.69, 9.17) is 4.74 Å². The molecule has 0 saturated heterocycles. The SMILES string of the molecule is COc1ccc([C@H](C)NC(=O)[C@H](C)N(c2cc([N+](=O)[O-])ccc2C)S(C)(=O)=O)cc1. The lowest BCUT2D eigenvalue weighted by Gasteiger charge is -2.30. The van der Waals surface area contributed by atoms with Gasteiger partial charge < -0.3 is 10.1 Å². The maximum Gasteiger partial charge on any atom is 0.271 e. The van der Waals surface area contributed by atoms with Crippen LogP contribution in [0.25, 0.3) is 0 Å². The van der Waals surface area contributed by atoms with Gasteiger partial charge in [-0.15, -0.1) is 0 Å². The average Bonchev–Trinajstić information content (AvgIpc) is 2.68. The van der Waals surface area contributed by atoms with E-state index in [0.717, 1.165) is 22.2 Å². The van der Waals surface area contributed by atoms with Crippen LogP contribution in [0.1, 0.15) is 31.0 Å². The van der Waals surface area contributed by atoms with Gasteiger partial charge >= 0.3 is 0 Å². The molecule has 1 amide bonds. The maximum atomic E-state index is 12.9. The van der Waals surface area contributed by atoms with Crippen LogP contribution < -0.4 is 14.4 Å². The van der Waals surface area contributed by atoms with Crippen LogP contribution >= 0.6 is 0 Å². The molecule has 10 heteroatoms. The minimum Gasteiger partial charge on any atom is -0.497 e. The largest absolute Gasteiger partial charge is 0.497 e. The average molecular weight is 436 g/mol. The highest BCUT2D eigenvalue weighted by atomic mass is 32.2. The van der Waals surface area contributed by atoms with E-state index in [1.165, 1.54) is 19.1 Å². The summed E-state index contributed by atoms with van der Waals surface area (Å²) in [6.45, 7) is 4.84. The molecule has 2 aromatic carbocycles. The number of carbonyl (C=O) groups excluding carboxylic acids is 1. The van der Waals surface area contributed by atoms with Crippen LogP contribution in [0.2, 0.25) is 0 Å². The minimum absolute atomic E-state index is 0.0893. The van der Waals surface area contributed by atoms with Gasteiger partial charge in [0.2, 0.25) is 15.9 Å². The molecule has 2 aromatic rings. The number of carbonyl (C=O) groups is 1. The van der Waals surface area contributed by atoms with Gasteiger partial charge in [0.25, 0.3) is 5.69 Å². The van der Waals surface area contributed by atoms with E-state index in [2.05, 4.69) is 5.32 Å². The van der Waals surface area contributed by atoms with Gasteiger partial charge in [-0.2, -0.15) is 0 Å². The number of nitro benzene ring substituents is 1. The number of nitrogens with one attached hydrogen (secondary N) is 1. The van der Waals surface area contributed by atoms with Crippen molar-refractivity contribution < 1.29 is 22.9 Å².